The van der Waals surface area contributed by atoms with Gasteiger partial charge in [-0.1, -0.05) is 19.3 Å². The minimum Gasteiger partial charge on any atom is -0.480 e. The smallest absolute Gasteiger partial charge is 0.326 e. The second-order valence-corrected chi connectivity index (χ2v) is 5.57. The van der Waals surface area contributed by atoms with Crippen LogP contribution in [0.4, 0.5) is 0 Å². The van der Waals surface area contributed by atoms with E-state index in [-0.39, 0.29) is 5.91 Å². The van der Waals surface area contributed by atoms with Crippen LogP contribution in [0, 0.1) is 0 Å². The lowest BCUT2D eigenvalue weighted by atomic mass is 9.80. The number of piperidine rings is 1. The van der Waals surface area contributed by atoms with E-state index in [1.165, 1.54) is 4.90 Å². The number of carboxylic acids is 1. The van der Waals surface area contributed by atoms with Gasteiger partial charge in [0.15, 0.2) is 0 Å². The average Bonchev–Trinajstić information content (AvgIpc) is 2.38. The second-order valence-electron chi connectivity index (χ2n) is 5.57. The molecule has 1 saturated carbocycles. The van der Waals surface area contributed by atoms with Gasteiger partial charge in [0.05, 0.1) is 5.54 Å². The Morgan fingerprint density at radius 3 is 2.39 bits per heavy atom. The van der Waals surface area contributed by atoms with Gasteiger partial charge in [-0.25, -0.2) is 4.79 Å². The number of hydrogen-bond donors (Lipinski definition) is 2. The van der Waals surface area contributed by atoms with Crippen molar-refractivity contribution in [3.05, 3.63) is 0 Å². The Bertz CT molecular complexity index is 337. The third kappa shape index (κ3) is 2.51. The molecule has 2 rings (SSSR count). The lowest BCUT2D eigenvalue weighted by Gasteiger charge is -2.41. The van der Waals surface area contributed by atoms with Gasteiger partial charge >= 0.3 is 5.97 Å². The molecular formula is C13H22N2O3. The number of carbonyl (C=O) groups is 2. The highest BCUT2D eigenvalue weighted by Crippen LogP contribution is 2.30. The highest BCUT2D eigenvalue weighted by molar-refractivity contribution is 5.90. The topological polar surface area (TPSA) is 83.6 Å². The summed E-state index contributed by atoms with van der Waals surface area (Å²) in [5.41, 5.74) is 5.40. The number of hydrogen-bond acceptors (Lipinski definition) is 3. The maximum atomic E-state index is 12.5. The van der Waals surface area contributed by atoms with Gasteiger partial charge in [0.25, 0.3) is 0 Å². The Labute approximate surface area is 107 Å². The number of carbonyl (C=O) groups excluding carboxylic acids is 1. The second kappa shape index (κ2) is 5.26. The zero-order valence-corrected chi connectivity index (χ0v) is 10.7. The fourth-order valence-corrected chi connectivity index (χ4v) is 3.11. The number of nitrogens with zero attached hydrogens (tertiary/aromatic N) is 1. The summed E-state index contributed by atoms with van der Waals surface area (Å²) < 4.78 is 0. The highest BCUT2D eigenvalue weighted by Gasteiger charge is 2.42. The van der Waals surface area contributed by atoms with Crippen molar-refractivity contribution in [2.45, 2.75) is 62.9 Å². The summed E-state index contributed by atoms with van der Waals surface area (Å²) in [5.74, 6) is -1.04. The first kappa shape index (κ1) is 13.3. The normalized spacial score (nSPS) is 27.8. The lowest BCUT2D eigenvalue weighted by Crippen LogP contribution is -2.60. The third-order valence-corrected chi connectivity index (χ3v) is 4.22. The van der Waals surface area contributed by atoms with Gasteiger partial charge < -0.3 is 15.7 Å². The molecule has 5 heteroatoms. The van der Waals surface area contributed by atoms with Gasteiger partial charge in [-0.15, -0.1) is 0 Å². The molecule has 0 bridgehead atoms. The van der Waals surface area contributed by atoms with E-state index in [1.54, 1.807) is 0 Å². The number of amides is 1. The van der Waals surface area contributed by atoms with E-state index in [2.05, 4.69) is 0 Å². The predicted octanol–water partition coefficient (Wildman–Crippen LogP) is 1.11. The van der Waals surface area contributed by atoms with E-state index in [9.17, 15) is 14.7 Å². The molecule has 0 spiro atoms. The molecule has 0 radical (unpaired) electrons. The number of likely N-dealkylation sites (tertiary alicyclic amines) is 1. The van der Waals surface area contributed by atoms with Crippen LogP contribution < -0.4 is 5.73 Å². The van der Waals surface area contributed by atoms with E-state index in [0.29, 0.717) is 25.8 Å². The largest absolute Gasteiger partial charge is 0.480 e. The average molecular weight is 254 g/mol. The van der Waals surface area contributed by atoms with Gasteiger partial charge in [0, 0.05) is 6.54 Å². The van der Waals surface area contributed by atoms with Gasteiger partial charge in [-0.05, 0) is 32.1 Å². The molecule has 1 heterocycles. The lowest BCUT2D eigenvalue weighted by molar-refractivity contribution is -0.155. The Kier molecular flexibility index (Phi) is 3.90. The van der Waals surface area contributed by atoms with Gasteiger partial charge in [0.2, 0.25) is 5.91 Å². The summed E-state index contributed by atoms with van der Waals surface area (Å²) in [6, 6.07) is -0.673. The van der Waals surface area contributed by atoms with Crippen LogP contribution in [-0.2, 0) is 9.59 Å². The first-order valence-corrected chi connectivity index (χ1v) is 6.87. The van der Waals surface area contributed by atoms with Crippen LogP contribution in [0.25, 0.3) is 0 Å². The van der Waals surface area contributed by atoms with Crippen LogP contribution in [0.1, 0.15) is 51.4 Å². The SMILES string of the molecule is NC1(C(=O)N2CCCCC2C(=O)O)CCCCC1. The van der Waals surface area contributed by atoms with Crippen LogP contribution in [0.15, 0.2) is 0 Å². The zero-order chi connectivity index (χ0) is 13.2. The number of nitrogens with two attached hydrogens (primary N) is 1. The molecule has 0 aromatic carbocycles. The Morgan fingerprint density at radius 1 is 1.11 bits per heavy atom. The summed E-state index contributed by atoms with van der Waals surface area (Å²) >= 11 is 0. The third-order valence-electron chi connectivity index (χ3n) is 4.22. The molecular weight excluding hydrogens is 232 g/mol. The molecule has 102 valence electrons. The molecule has 1 aliphatic carbocycles. The van der Waals surface area contributed by atoms with E-state index in [0.717, 1.165) is 32.1 Å². The first-order chi connectivity index (χ1) is 8.54. The summed E-state index contributed by atoms with van der Waals surface area (Å²) in [6.07, 6.45) is 6.74. The van der Waals surface area contributed by atoms with Crippen LogP contribution in [0.2, 0.25) is 0 Å². The molecule has 1 aliphatic heterocycles. The van der Waals surface area contributed by atoms with Crippen molar-refractivity contribution >= 4 is 11.9 Å². The zero-order valence-electron chi connectivity index (χ0n) is 10.7. The minimum atomic E-state index is -0.901. The predicted molar refractivity (Wildman–Crippen MR) is 67.0 cm³/mol. The van der Waals surface area contributed by atoms with Crippen molar-refractivity contribution in [1.82, 2.24) is 4.90 Å². The van der Waals surface area contributed by atoms with Crippen LogP contribution in [0.3, 0.4) is 0 Å². The Hall–Kier alpha value is -1.10. The van der Waals surface area contributed by atoms with E-state index in [1.807, 2.05) is 0 Å². The molecule has 2 aliphatic rings. The highest BCUT2D eigenvalue weighted by atomic mass is 16.4. The quantitative estimate of drug-likeness (QED) is 0.773. The fraction of sp³-hybridized carbons (Fsp3) is 0.846. The van der Waals surface area contributed by atoms with Crippen molar-refractivity contribution in [2.24, 2.45) is 5.73 Å². The molecule has 2 fully saturated rings. The molecule has 1 atom stereocenters. The maximum absolute atomic E-state index is 12.5. The molecule has 3 N–H and O–H groups in total. The van der Waals surface area contributed by atoms with Crippen molar-refractivity contribution < 1.29 is 14.7 Å². The van der Waals surface area contributed by atoms with E-state index >= 15 is 0 Å². The van der Waals surface area contributed by atoms with E-state index < -0.39 is 17.6 Å². The number of carboxylic acid groups (broad SMARTS) is 1. The summed E-state index contributed by atoms with van der Waals surface area (Å²) in [7, 11) is 0. The summed E-state index contributed by atoms with van der Waals surface area (Å²) in [5, 5.41) is 9.21. The van der Waals surface area contributed by atoms with Crippen molar-refractivity contribution in [3.63, 3.8) is 0 Å². The fourth-order valence-electron chi connectivity index (χ4n) is 3.11. The van der Waals surface area contributed by atoms with Gasteiger partial charge in [0.1, 0.15) is 6.04 Å². The molecule has 1 saturated heterocycles. The Morgan fingerprint density at radius 2 is 1.78 bits per heavy atom. The minimum absolute atomic E-state index is 0.144. The summed E-state index contributed by atoms with van der Waals surface area (Å²) in [4.78, 5) is 25.3. The van der Waals surface area contributed by atoms with Crippen molar-refractivity contribution in [1.29, 1.82) is 0 Å². The molecule has 0 aromatic heterocycles. The molecule has 1 unspecified atom stereocenters. The summed E-state index contributed by atoms with van der Waals surface area (Å²) in [6.45, 7) is 0.536. The maximum Gasteiger partial charge on any atom is 0.326 e. The first-order valence-electron chi connectivity index (χ1n) is 6.87. The van der Waals surface area contributed by atoms with Crippen molar-refractivity contribution in [2.75, 3.05) is 6.54 Å². The van der Waals surface area contributed by atoms with Crippen LogP contribution in [0.5, 0.6) is 0 Å². The monoisotopic (exact) mass is 254 g/mol. The van der Waals surface area contributed by atoms with Crippen molar-refractivity contribution in [3.8, 4) is 0 Å². The number of rotatable bonds is 2. The van der Waals surface area contributed by atoms with Crippen LogP contribution >= 0.6 is 0 Å². The van der Waals surface area contributed by atoms with Gasteiger partial charge in [-0.2, -0.15) is 0 Å². The number of aliphatic carboxylic acids is 1. The standard InChI is InChI=1S/C13H22N2O3/c14-13(7-3-1-4-8-13)12(18)15-9-5-2-6-10(15)11(16)17/h10H,1-9,14H2,(H,16,17). The van der Waals surface area contributed by atoms with E-state index in [4.69, 9.17) is 5.73 Å². The molecule has 1 amide bonds. The van der Waals surface area contributed by atoms with Gasteiger partial charge in [-0.3, -0.25) is 4.79 Å². The molecule has 5 nitrogen and oxygen atoms in total. The molecule has 18 heavy (non-hydrogen) atoms. The van der Waals surface area contributed by atoms with Crippen LogP contribution in [-0.4, -0.2) is 40.0 Å². The Balaban J connectivity index is 2.12. The molecule has 0 aromatic rings.